The van der Waals surface area contributed by atoms with Crippen molar-refractivity contribution in [3.05, 3.63) is 52.8 Å². The number of hydrazone groups is 1. The highest BCUT2D eigenvalue weighted by Crippen LogP contribution is 2.18. The normalized spacial score (nSPS) is 14.8. The lowest BCUT2D eigenvalue weighted by Crippen LogP contribution is -2.19. The first-order valence-electron chi connectivity index (χ1n) is 6.23. The monoisotopic (exact) mass is 288 g/mol. The van der Waals surface area contributed by atoms with Crippen LogP contribution >= 0.6 is 11.6 Å². The van der Waals surface area contributed by atoms with E-state index in [0.29, 0.717) is 18.0 Å². The third-order valence-electron chi connectivity index (χ3n) is 3.13. The Hall–Kier alpha value is -2.14. The van der Waals surface area contributed by atoms with Gasteiger partial charge in [-0.3, -0.25) is 9.48 Å². The van der Waals surface area contributed by atoms with Crippen molar-refractivity contribution in [2.24, 2.45) is 12.1 Å². The number of carbonyl (C=O) groups excluding carboxylic acids is 1. The van der Waals surface area contributed by atoms with Gasteiger partial charge in [-0.1, -0.05) is 23.7 Å². The van der Waals surface area contributed by atoms with Crippen molar-refractivity contribution < 1.29 is 4.79 Å². The highest BCUT2D eigenvalue weighted by molar-refractivity contribution is 6.30. The van der Waals surface area contributed by atoms with Gasteiger partial charge in [0.1, 0.15) is 0 Å². The summed E-state index contributed by atoms with van der Waals surface area (Å²) >= 11 is 5.85. The second-order valence-corrected chi connectivity index (χ2v) is 5.14. The predicted molar refractivity (Wildman–Crippen MR) is 76.4 cm³/mol. The third kappa shape index (κ3) is 2.58. The first kappa shape index (κ1) is 12.9. The van der Waals surface area contributed by atoms with E-state index in [4.69, 9.17) is 11.6 Å². The van der Waals surface area contributed by atoms with Gasteiger partial charge in [-0.15, -0.1) is 0 Å². The van der Waals surface area contributed by atoms with Gasteiger partial charge in [-0.25, -0.2) is 5.01 Å². The standard InChI is InChI=1S/C14H13ClN4O/c1-18-9-11(7-16-18)13-6-14(20)19(17-13)8-10-2-4-12(15)5-3-10/h2-5,7,9H,6,8H2,1H3. The van der Waals surface area contributed by atoms with Crippen molar-refractivity contribution in [3.8, 4) is 0 Å². The first-order valence-corrected chi connectivity index (χ1v) is 6.61. The topological polar surface area (TPSA) is 50.5 Å². The number of aromatic nitrogens is 2. The van der Waals surface area contributed by atoms with E-state index in [2.05, 4.69) is 10.2 Å². The molecule has 0 unspecified atom stereocenters. The number of rotatable bonds is 3. The van der Waals surface area contributed by atoms with Gasteiger partial charge in [0, 0.05) is 23.8 Å². The van der Waals surface area contributed by atoms with Crippen molar-refractivity contribution in [1.82, 2.24) is 14.8 Å². The summed E-state index contributed by atoms with van der Waals surface area (Å²) in [5.41, 5.74) is 2.65. The molecule has 2 heterocycles. The molecule has 5 nitrogen and oxygen atoms in total. The van der Waals surface area contributed by atoms with E-state index < -0.39 is 0 Å². The first-order chi connectivity index (χ1) is 9.61. The van der Waals surface area contributed by atoms with Crippen LogP contribution in [0, 0.1) is 0 Å². The van der Waals surface area contributed by atoms with Crippen molar-refractivity contribution in [3.63, 3.8) is 0 Å². The predicted octanol–water partition coefficient (Wildman–Crippen LogP) is 2.21. The summed E-state index contributed by atoms with van der Waals surface area (Å²) in [6, 6.07) is 7.41. The number of hydrogen-bond acceptors (Lipinski definition) is 3. The number of aryl methyl sites for hydroxylation is 1. The van der Waals surface area contributed by atoms with Gasteiger partial charge in [-0.2, -0.15) is 10.2 Å². The summed E-state index contributed by atoms with van der Waals surface area (Å²) < 4.78 is 1.70. The molecular formula is C14H13ClN4O. The number of amides is 1. The Balaban J connectivity index is 1.78. The molecule has 20 heavy (non-hydrogen) atoms. The Kier molecular flexibility index (Phi) is 3.28. The maximum absolute atomic E-state index is 12.0. The van der Waals surface area contributed by atoms with E-state index in [0.717, 1.165) is 16.8 Å². The number of hydrogen-bond donors (Lipinski definition) is 0. The zero-order chi connectivity index (χ0) is 14.1. The Labute approximate surface area is 121 Å². The van der Waals surface area contributed by atoms with Crippen LogP contribution in [-0.2, 0) is 18.4 Å². The van der Waals surface area contributed by atoms with Crippen molar-refractivity contribution in [2.45, 2.75) is 13.0 Å². The molecule has 1 amide bonds. The quantitative estimate of drug-likeness (QED) is 0.869. The van der Waals surface area contributed by atoms with Crippen molar-refractivity contribution in [1.29, 1.82) is 0 Å². The summed E-state index contributed by atoms with van der Waals surface area (Å²) in [5.74, 6) is -0.00111. The average Bonchev–Trinajstić information content (AvgIpc) is 3.00. The van der Waals surface area contributed by atoms with E-state index in [1.165, 1.54) is 5.01 Å². The van der Waals surface area contributed by atoms with Crippen molar-refractivity contribution >= 4 is 23.2 Å². The van der Waals surface area contributed by atoms with Crippen LogP contribution in [0.1, 0.15) is 17.5 Å². The molecule has 2 aromatic rings. The molecule has 0 fully saturated rings. The summed E-state index contributed by atoms with van der Waals surface area (Å²) in [6.07, 6.45) is 3.90. The van der Waals surface area contributed by atoms with E-state index in [-0.39, 0.29) is 5.91 Å². The maximum atomic E-state index is 12.0. The molecule has 0 radical (unpaired) electrons. The molecule has 0 atom stereocenters. The Morgan fingerprint density at radius 2 is 2.05 bits per heavy atom. The number of nitrogens with zero attached hydrogens (tertiary/aromatic N) is 4. The minimum absolute atomic E-state index is 0.00111. The molecule has 0 aliphatic carbocycles. The van der Waals surface area contributed by atoms with Crippen LogP contribution in [0.4, 0.5) is 0 Å². The molecule has 0 spiro atoms. The van der Waals surface area contributed by atoms with Crippen LogP contribution < -0.4 is 0 Å². The molecule has 1 aliphatic heterocycles. The molecule has 6 heteroatoms. The summed E-state index contributed by atoms with van der Waals surface area (Å²) in [4.78, 5) is 12.0. The average molecular weight is 289 g/mol. The van der Waals surface area contributed by atoms with Gasteiger partial charge >= 0.3 is 0 Å². The van der Waals surface area contributed by atoms with Crippen LogP contribution in [0.15, 0.2) is 41.8 Å². The SMILES string of the molecule is Cn1cc(C2=NN(Cc3ccc(Cl)cc3)C(=O)C2)cn1. The van der Waals surface area contributed by atoms with Crippen LogP contribution in [-0.4, -0.2) is 26.4 Å². The van der Waals surface area contributed by atoms with E-state index >= 15 is 0 Å². The lowest BCUT2D eigenvalue weighted by molar-refractivity contribution is -0.129. The van der Waals surface area contributed by atoms with Gasteiger partial charge < -0.3 is 0 Å². The lowest BCUT2D eigenvalue weighted by Gasteiger charge is -2.11. The van der Waals surface area contributed by atoms with E-state index in [9.17, 15) is 4.79 Å². The number of benzene rings is 1. The maximum Gasteiger partial charge on any atom is 0.249 e. The van der Waals surface area contributed by atoms with Gasteiger partial charge in [0.25, 0.3) is 0 Å². The van der Waals surface area contributed by atoms with Gasteiger partial charge in [0.05, 0.1) is 24.9 Å². The fraction of sp³-hybridized carbons (Fsp3) is 0.214. The zero-order valence-electron chi connectivity index (χ0n) is 11.0. The highest BCUT2D eigenvalue weighted by Gasteiger charge is 2.25. The highest BCUT2D eigenvalue weighted by atomic mass is 35.5. The fourth-order valence-electron chi connectivity index (χ4n) is 2.09. The Morgan fingerprint density at radius 3 is 2.70 bits per heavy atom. The second-order valence-electron chi connectivity index (χ2n) is 4.70. The van der Waals surface area contributed by atoms with Crippen LogP contribution in [0.3, 0.4) is 0 Å². The van der Waals surface area contributed by atoms with Crippen LogP contribution in [0.25, 0.3) is 0 Å². The third-order valence-corrected chi connectivity index (χ3v) is 3.38. The zero-order valence-corrected chi connectivity index (χ0v) is 11.7. The molecular weight excluding hydrogens is 276 g/mol. The van der Waals surface area contributed by atoms with Crippen LogP contribution in [0.2, 0.25) is 5.02 Å². The molecule has 0 saturated heterocycles. The number of carbonyl (C=O) groups is 1. The smallest absolute Gasteiger partial charge is 0.249 e. The van der Waals surface area contributed by atoms with Gasteiger partial charge in [-0.05, 0) is 17.7 Å². The van der Waals surface area contributed by atoms with E-state index in [1.54, 1.807) is 10.9 Å². The molecule has 0 bridgehead atoms. The molecule has 1 aromatic heterocycles. The summed E-state index contributed by atoms with van der Waals surface area (Å²) in [6.45, 7) is 0.458. The fourth-order valence-corrected chi connectivity index (χ4v) is 2.21. The minimum atomic E-state index is -0.00111. The number of halogens is 1. The molecule has 0 saturated carbocycles. The molecule has 102 valence electrons. The van der Waals surface area contributed by atoms with Gasteiger partial charge in [0.15, 0.2) is 0 Å². The van der Waals surface area contributed by atoms with Crippen molar-refractivity contribution in [2.75, 3.05) is 0 Å². The molecule has 1 aromatic carbocycles. The molecule has 1 aliphatic rings. The molecule has 0 N–H and O–H groups in total. The second kappa shape index (κ2) is 5.09. The Morgan fingerprint density at radius 1 is 1.30 bits per heavy atom. The lowest BCUT2D eigenvalue weighted by atomic mass is 10.1. The summed E-state index contributed by atoms with van der Waals surface area (Å²) in [7, 11) is 1.84. The van der Waals surface area contributed by atoms with Gasteiger partial charge in [0.2, 0.25) is 5.91 Å². The van der Waals surface area contributed by atoms with E-state index in [1.807, 2.05) is 37.5 Å². The van der Waals surface area contributed by atoms with Crippen LogP contribution in [0.5, 0.6) is 0 Å². The Bertz CT molecular complexity index is 675. The summed E-state index contributed by atoms with van der Waals surface area (Å²) in [5, 5.41) is 10.7. The minimum Gasteiger partial charge on any atom is -0.275 e. The largest absolute Gasteiger partial charge is 0.275 e. The molecule has 3 rings (SSSR count).